The maximum Gasteiger partial charge on any atom is 0.145 e. The maximum atomic E-state index is 5.66. The number of anilines is 1. The first-order valence-corrected chi connectivity index (χ1v) is 4.64. The molecule has 1 aromatic carbocycles. The summed E-state index contributed by atoms with van der Waals surface area (Å²) in [6.45, 7) is 6.01. The van der Waals surface area contributed by atoms with Crippen LogP contribution in [0.4, 0.5) is 5.69 Å². The van der Waals surface area contributed by atoms with E-state index in [0.717, 1.165) is 18.9 Å². The molecule has 1 aromatic rings. The molecule has 0 spiro atoms. The van der Waals surface area contributed by atoms with Crippen LogP contribution in [0.2, 0.25) is 0 Å². The first-order chi connectivity index (χ1) is 6.20. The molecular formula is C11H15NO. The Balaban J connectivity index is 2.60. The smallest absolute Gasteiger partial charge is 0.145 e. The second kappa shape index (κ2) is 2.95. The lowest BCUT2D eigenvalue weighted by molar-refractivity contribution is 0.309. The Labute approximate surface area is 79.1 Å². The summed E-state index contributed by atoms with van der Waals surface area (Å²) >= 11 is 0. The molecule has 0 saturated carbocycles. The number of hydrogen-bond donors (Lipinski definition) is 0. The number of ether oxygens (including phenoxy) is 1. The van der Waals surface area contributed by atoms with Gasteiger partial charge in [0.1, 0.15) is 12.4 Å². The summed E-state index contributed by atoms with van der Waals surface area (Å²) < 4.78 is 5.66. The van der Waals surface area contributed by atoms with Crippen molar-refractivity contribution in [2.75, 3.05) is 25.1 Å². The largest absolute Gasteiger partial charge is 0.489 e. The van der Waals surface area contributed by atoms with Gasteiger partial charge in [-0.2, -0.15) is 0 Å². The van der Waals surface area contributed by atoms with Gasteiger partial charge in [0.2, 0.25) is 0 Å². The van der Waals surface area contributed by atoms with Gasteiger partial charge in [-0.05, 0) is 25.0 Å². The molecule has 0 saturated heterocycles. The van der Waals surface area contributed by atoms with E-state index in [4.69, 9.17) is 4.74 Å². The van der Waals surface area contributed by atoms with E-state index in [-0.39, 0.29) is 0 Å². The summed E-state index contributed by atoms with van der Waals surface area (Å²) in [6, 6.07) is 4.27. The van der Waals surface area contributed by atoms with Gasteiger partial charge in [0.15, 0.2) is 0 Å². The Kier molecular flexibility index (Phi) is 1.91. The Morgan fingerprint density at radius 1 is 1.23 bits per heavy atom. The van der Waals surface area contributed by atoms with E-state index < -0.39 is 0 Å². The van der Waals surface area contributed by atoms with Crippen molar-refractivity contribution < 1.29 is 4.74 Å². The first-order valence-electron chi connectivity index (χ1n) is 4.64. The highest BCUT2D eigenvalue weighted by Gasteiger charge is 2.18. The van der Waals surface area contributed by atoms with Crippen LogP contribution in [0.1, 0.15) is 11.1 Å². The van der Waals surface area contributed by atoms with Crippen LogP contribution >= 0.6 is 0 Å². The molecule has 1 heterocycles. The third kappa shape index (κ3) is 1.26. The Morgan fingerprint density at radius 2 is 1.92 bits per heavy atom. The van der Waals surface area contributed by atoms with Gasteiger partial charge in [-0.3, -0.25) is 0 Å². The second-order valence-corrected chi connectivity index (χ2v) is 3.65. The molecule has 0 amide bonds. The van der Waals surface area contributed by atoms with Gasteiger partial charge in [-0.25, -0.2) is 0 Å². The van der Waals surface area contributed by atoms with Crippen molar-refractivity contribution in [2.24, 2.45) is 0 Å². The molecule has 70 valence electrons. The molecule has 1 aliphatic rings. The standard InChI is InChI=1S/C11H15NO/c1-8-4-5-9(2)11-10(8)12(3)6-7-13-11/h4-5H,6-7H2,1-3H3. The minimum absolute atomic E-state index is 0.799. The van der Waals surface area contributed by atoms with Crippen LogP contribution in [-0.2, 0) is 0 Å². The van der Waals surface area contributed by atoms with Crippen LogP contribution in [0.15, 0.2) is 12.1 Å². The number of nitrogens with zero attached hydrogens (tertiary/aromatic N) is 1. The second-order valence-electron chi connectivity index (χ2n) is 3.65. The van der Waals surface area contributed by atoms with E-state index in [9.17, 15) is 0 Å². The summed E-state index contributed by atoms with van der Waals surface area (Å²) in [5.74, 6) is 1.06. The average Bonchev–Trinajstić information content (AvgIpc) is 2.12. The van der Waals surface area contributed by atoms with Gasteiger partial charge in [0.25, 0.3) is 0 Å². The molecule has 0 atom stereocenters. The molecule has 2 heteroatoms. The number of benzene rings is 1. The van der Waals surface area contributed by atoms with Gasteiger partial charge >= 0.3 is 0 Å². The fraction of sp³-hybridized carbons (Fsp3) is 0.455. The van der Waals surface area contributed by atoms with Crippen molar-refractivity contribution in [2.45, 2.75) is 13.8 Å². The number of hydrogen-bond acceptors (Lipinski definition) is 2. The van der Waals surface area contributed by atoms with Gasteiger partial charge in [-0.15, -0.1) is 0 Å². The third-order valence-corrected chi connectivity index (χ3v) is 2.58. The van der Waals surface area contributed by atoms with Crippen molar-refractivity contribution in [1.82, 2.24) is 0 Å². The van der Waals surface area contributed by atoms with Crippen LogP contribution in [-0.4, -0.2) is 20.2 Å². The van der Waals surface area contributed by atoms with E-state index in [2.05, 4.69) is 37.9 Å². The SMILES string of the molecule is Cc1ccc(C)c2c1OCCN2C. The molecule has 0 fully saturated rings. The molecule has 0 N–H and O–H groups in total. The number of rotatable bonds is 0. The monoisotopic (exact) mass is 177 g/mol. The fourth-order valence-corrected chi connectivity index (χ4v) is 1.82. The lowest BCUT2D eigenvalue weighted by Gasteiger charge is -2.30. The van der Waals surface area contributed by atoms with Gasteiger partial charge in [0.05, 0.1) is 12.2 Å². The van der Waals surface area contributed by atoms with E-state index in [1.807, 2.05) is 0 Å². The van der Waals surface area contributed by atoms with Crippen LogP contribution in [0.3, 0.4) is 0 Å². The molecule has 1 aliphatic heterocycles. The summed E-state index contributed by atoms with van der Waals surface area (Å²) in [6.07, 6.45) is 0. The Bertz CT molecular complexity index is 333. The minimum Gasteiger partial charge on any atom is -0.489 e. The zero-order chi connectivity index (χ0) is 9.42. The number of fused-ring (bicyclic) bond motifs is 1. The van der Waals surface area contributed by atoms with E-state index >= 15 is 0 Å². The van der Waals surface area contributed by atoms with Crippen molar-refractivity contribution in [3.05, 3.63) is 23.3 Å². The number of likely N-dealkylation sites (N-methyl/N-ethyl adjacent to an activating group) is 1. The van der Waals surface area contributed by atoms with Crippen LogP contribution < -0.4 is 9.64 Å². The van der Waals surface area contributed by atoms with Gasteiger partial charge < -0.3 is 9.64 Å². The van der Waals surface area contributed by atoms with Crippen molar-refractivity contribution >= 4 is 5.69 Å². The predicted molar refractivity (Wildman–Crippen MR) is 54.7 cm³/mol. The quantitative estimate of drug-likeness (QED) is 0.602. The van der Waals surface area contributed by atoms with Crippen LogP contribution in [0.5, 0.6) is 5.75 Å². The summed E-state index contributed by atoms with van der Waals surface area (Å²) in [4.78, 5) is 2.27. The normalized spacial score (nSPS) is 15.2. The summed E-state index contributed by atoms with van der Waals surface area (Å²) in [7, 11) is 2.12. The van der Waals surface area contributed by atoms with Crippen molar-refractivity contribution in [3.63, 3.8) is 0 Å². The molecule has 0 aliphatic carbocycles. The summed E-state index contributed by atoms with van der Waals surface area (Å²) in [5, 5.41) is 0. The Hall–Kier alpha value is -1.18. The predicted octanol–water partition coefficient (Wildman–Crippen LogP) is 2.13. The minimum atomic E-state index is 0.799. The van der Waals surface area contributed by atoms with E-state index in [1.165, 1.54) is 16.8 Å². The van der Waals surface area contributed by atoms with Crippen molar-refractivity contribution in [1.29, 1.82) is 0 Å². The summed E-state index contributed by atoms with van der Waals surface area (Å²) in [5.41, 5.74) is 3.78. The zero-order valence-electron chi connectivity index (χ0n) is 8.42. The maximum absolute atomic E-state index is 5.66. The topological polar surface area (TPSA) is 12.5 Å². The van der Waals surface area contributed by atoms with Crippen LogP contribution in [0, 0.1) is 13.8 Å². The highest BCUT2D eigenvalue weighted by Crippen LogP contribution is 2.36. The van der Waals surface area contributed by atoms with Gasteiger partial charge in [0, 0.05) is 7.05 Å². The zero-order valence-corrected chi connectivity index (χ0v) is 8.42. The molecule has 13 heavy (non-hydrogen) atoms. The first kappa shape index (κ1) is 8.42. The Morgan fingerprint density at radius 3 is 2.62 bits per heavy atom. The highest BCUT2D eigenvalue weighted by atomic mass is 16.5. The lowest BCUT2D eigenvalue weighted by atomic mass is 10.1. The average molecular weight is 177 g/mol. The third-order valence-electron chi connectivity index (χ3n) is 2.58. The number of aryl methyl sites for hydroxylation is 2. The highest BCUT2D eigenvalue weighted by molar-refractivity contribution is 5.67. The van der Waals surface area contributed by atoms with Crippen molar-refractivity contribution in [3.8, 4) is 5.75 Å². The molecule has 0 aromatic heterocycles. The lowest BCUT2D eigenvalue weighted by Crippen LogP contribution is -2.29. The molecular weight excluding hydrogens is 162 g/mol. The molecule has 0 bridgehead atoms. The van der Waals surface area contributed by atoms with E-state index in [1.54, 1.807) is 0 Å². The molecule has 2 rings (SSSR count). The van der Waals surface area contributed by atoms with E-state index in [0.29, 0.717) is 0 Å². The molecule has 2 nitrogen and oxygen atoms in total. The van der Waals surface area contributed by atoms with Crippen LogP contribution in [0.25, 0.3) is 0 Å². The molecule has 0 radical (unpaired) electrons. The van der Waals surface area contributed by atoms with Gasteiger partial charge in [-0.1, -0.05) is 12.1 Å². The molecule has 0 unspecified atom stereocenters. The fourth-order valence-electron chi connectivity index (χ4n) is 1.82.